The second-order valence-corrected chi connectivity index (χ2v) is 13.4. The lowest BCUT2D eigenvalue weighted by molar-refractivity contribution is -0.684. The highest BCUT2D eigenvalue weighted by Crippen LogP contribution is 2.41. The number of phenolic OH excluding ortho intramolecular Hbond substituents is 1. The van der Waals surface area contributed by atoms with Crippen molar-refractivity contribution >= 4 is 58.8 Å². The van der Waals surface area contributed by atoms with Crippen molar-refractivity contribution in [2.24, 2.45) is 7.05 Å². The highest BCUT2D eigenvalue weighted by atomic mass is 32.2. The quantitative estimate of drug-likeness (QED) is 0.0724. The van der Waals surface area contributed by atoms with E-state index in [0.29, 0.717) is 35.8 Å². The zero-order valence-corrected chi connectivity index (χ0v) is 27.5. The molecule has 4 N–H and O–H groups in total. The number of hydrogen-bond donors (Lipinski definition) is 4. The maximum absolute atomic E-state index is 13.5. The molecule has 0 bridgehead atoms. The number of halogens is 1. The molecule has 1 aromatic carbocycles. The number of rotatable bonds is 11. The number of anilines is 1. The highest BCUT2D eigenvalue weighted by molar-refractivity contribution is 8.00. The number of carbonyl (C=O) groups excluding carboxylic acids is 4. The van der Waals surface area contributed by atoms with E-state index in [2.05, 4.69) is 20.8 Å². The van der Waals surface area contributed by atoms with Crippen LogP contribution >= 0.6 is 23.5 Å². The molecule has 5 heterocycles. The number of amides is 4. The van der Waals surface area contributed by atoms with Crippen LogP contribution in [-0.4, -0.2) is 93.8 Å². The van der Waals surface area contributed by atoms with Crippen LogP contribution in [0.5, 0.6) is 5.75 Å². The Bertz CT molecular complexity index is 1920. The molecule has 15 nitrogen and oxygen atoms in total. The molecule has 3 aliphatic rings. The number of nitrogens with zero attached hydrogens (tertiary/aromatic N) is 6. The van der Waals surface area contributed by atoms with E-state index in [-0.39, 0.29) is 41.2 Å². The van der Waals surface area contributed by atoms with Gasteiger partial charge >= 0.3 is 5.97 Å². The number of nitrogens with one attached hydrogen (secondary N) is 2. The molecule has 18 heteroatoms. The number of benzene rings is 1. The first-order valence-electron chi connectivity index (χ1n) is 14.9. The Labute approximate surface area is 286 Å². The van der Waals surface area contributed by atoms with Crippen LogP contribution in [0.15, 0.2) is 77.1 Å². The van der Waals surface area contributed by atoms with Crippen LogP contribution in [0.25, 0.3) is 0 Å². The molecule has 254 valence electrons. The molecule has 0 radical (unpaired) electrons. The molecule has 49 heavy (non-hydrogen) atoms. The van der Waals surface area contributed by atoms with Crippen LogP contribution in [-0.2, 0) is 44.1 Å². The van der Waals surface area contributed by atoms with Gasteiger partial charge in [0.05, 0.1) is 5.75 Å². The third-order valence-electron chi connectivity index (χ3n) is 7.97. The van der Waals surface area contributed by atoms with E-state index >= 15 is 0 Å². The molecule has 0 saturated carbocycles. The molecular weight excluding hydrogens is 680 g/mol. The number of β-lactam (4-membered cyclic amide) rings is 1. The Morgan fingerprint density at radius 3 is 2.65 bits per heavy atom. The van der Waals surface area contributed by atoms with Crippen molar-refractivity contribution in [2.45, 2.75) is 36.1 Å². The summed E-state index contributed by atoms with van der Waals surface area (Å²) in [5, 5.41) is 32.2. The second-order valence-electron chi connectivity index (χ2n) is 11.4. The average Bonchev–Trinajstić information content (AvgIpc) is 3.64. The summed E-state index contributed by atoms with van der Waals surface area (Å²) < 4.78 is 16.8. The van der Waals surface area contributed by atoms with Gasteiger partial charge in [0.25, 0.3) is 11.8 Å². The van der Waals surface area contributed by atoms with Crippen LogP contribution in [0.1, 0.15) is 12.0 Å². The van der Waals surface area contributed by atoms with Crippen LogP contribution in [0.4, 0.5) is 10.1 Å². The molecule has 2 atom stereocenters. The number of carbonyl (C=O) groups is 5. The maximum Gasteiger partial charge on any atom is 0.352 e. The monoisotopic (exact) mass is 709 g/mol. The van der Waals surface area contributed by atoms with Crippen molar-refractivity contribution in [1.82, 2.24) is 29.9 Å². The van der Waals surface area contributed by atoms with Crippen molar-refractivity contribution in [3.63, 3.8) is 0 Å². The summed E-state index contributed by atoms with van der Waals surface area (Å²) >= 11 is 2.48. The summed E-state index contributed by atoms with van der Waals surface area (Å²) in [7, 11) is 1.74. The number of aryl methyl sites for hydroxylation is 1. The fourth-order valence-corrected chi connectivity index (χ4v) is 7.54. The van der Waals surface area contributed by atoms with Crippen molar-refractivity contribution in [1.29, 1.82) is 0 Å². The van der Waals surface area contributed by atoms with E-state index in [9.17, 15) is 38.6 Å². The minimum atomic E-state index is -1.29. The van der Waals surface area contributed by atoms with Gasteiger partial charge in [-0.1, -0.05) is 11.8 Å². The van der Waals surface area contributed by atoms with Crippen LogP contribution in [0, 0.1) is 5.82 Å². The van der Waals surface area contributed by atoms with Gasteiger partial charge in [0.15, 0.2) is 29.1 Å². The Hall–Kier alpha value is -5.23. The molecule has 3 aliphatic heterocycles. The smallest absolute Gasteiger partial charge is 0.352 e. The summed E-state index contributed by atoms with van der Waals surface area (Å²) in [5.41, 5.74) is 1.60. The Morgan fingerprint density at radius 2 is 1.96 bits per heavy atom. The summed E-state index contributed by atoms with van der Waals surface area (Å²) in [6, 6.07) is 6.22. The van der Waals surface area contributed by atoms with Gasteiger partial charge in [-0.25, -0.2) is 9.18 Å². The number of phenols is 1. The minimum Gasteiger partial charge on any atom is -0.505 e. The van der Waals surface area contributed by atoms with E-state index in [0.717, 1.165) is 29.5 Å². The fraction of sp³-hybridized carbons (Fsp3) is 0.290. The number of aliphatic carboxylic acids is 1. The zero-order chi connectivity index (χ0) is 34.8. The SMILES string of the molecule is Cn1cnnc1SCC(=O)NC1C(=O)N2C(C(=O)O)=C(/C=C3\CCN(Cc4cc[n+](CC(=O)Nc5ccc(O)c(F)c5)cc4)C3=O)CSC12. The molecule has 4 amide bonds. The van der Waals surface area contributed by atoms with Crippen molar-refractivity contribution in [2.75, 3.05) is 23.4 Å². The van der Waals surface area contributed by atoms with E-state index < -0.39 is 40.8 Å². The third-order valence-corrected chi connectivity index (χ3v) is 10.3. The lowest BCUT2D eigenvalue weighted by Crippen LogP contribution is -2.70. The molecular formula is C31H30FN8O7S2+. The maximum atomic E-state index is 13.5. The first-order valence-corrected chi connectivity index (χ1v) is 17.0. The van der Waals surface area contributed by atoms with E-state index in [1.807, 2.05) is 0 Å². The van der Waals surface area contributed by atoms with E-state index in [4.69, 9.17) is 0 Å². The van der Waals surface area contributed by atoms with Crippen molar-refractivity contribution in [3.8, 4) is 5.75 Å². The molecule has 0 aliphatic carbocycles. The summed E-state index contributed by atoms with van der Waals surface area (Å²) in [5.74, 6) is -3.97. The molecule has 2 aromatic heterocycles. The van der Waals surface area contributed by atoms with Gasteiger partial charge in [0, 0.05) is 55.3 Å². The number of carboxylic acid groups (broad SMARTS) is 1. The number of allylic oxidation sites excluding steroid dienone is 1. The van der Waals surface area contributed by atoms with E-state index in [1.54, 1.807) is 51.7 Å². The summed E-state index contributed by atoms with van der Waals surface area (Å²) in [4.78, 5) is 66.4. The Kier molecular flexibility index (Phi) is 9.68. The Morgan fingerprint density at radius 1 is 1.18 bits per heavy atom. The number of pyridine rings is 1. The summed E-state index contributed by atoms with van der Waals surface area (Å²) in [6.45, 7) is 0.659. The average molecular weight is 710 g/mol. The number of fused-ring (bicyclic) bond motifs is 1. The summed E-state index contributed by atoms with van der Waals surface area (Å²) in [6.07, 6.45) is 6.82. The van der Waals surface area contributed by atoms with Crippen LogP contribution in [0.3, 0.4) is 0 Å². The molecule has 6 rings (SSSR count). The molecule has 2 saturated heterocycles. The lowest BCUT2D eigenvalue weighted by Gasteiger charge is -2.49. The number of hydrogen-bond acceptors (Lipinski definition) is 10. The molecule has 2 unspecified atom stereocenters. The van der Waals surface area contributed by atoms with Gasteiger partial charge < -0.3 is 30.3 Å². The number of carboxylic acids is 1. The number of likely N-dealkylation sites (tertiary alicyclic amines) is 1. The number of aromatic hydroxyl groups is 1. The largest absolute Gasteiger partial charge is 0.505 e. The van der Waals surface area contributed by atoms with Gasteiger partial charge in [-0.15, -0.1) is 22.0 Å². The zero-order valence-electron chi connectivity index (χ0n) is 25.9. The van der Waals surface area contributed by atoms with Gasteiger partial charge in [0.1, 0.15) is 23.4 Å². The number of thioether (sulfide) groups is 2. The van der Waals surface area contributed by atoms with Gasteiger partial charge in [-0.05, 0) is 35.8 Å². The minimum absolute atomic E-state index is 0.0107. The fourth-order valence-electron chi connectivity index (χ4n) is 5.53. The van der Waals surface area contributed by atoms with Crippen molar-refractivity contribution in [3.05, 3.63) is 83.4 Å². The standard InChI is InChI=1S/C31H29FN8O7S2/c1-37-16-33-36-31(37)49-15-24(43)35-25-28(45)40-26(30(46)47)19(14-48-29(25)40)10-18-6-9-39(27(18)44)12-17-4-7-38(8-5-17)13-23(42)34-20-2-3-22(41)21(32)11-20/h2-5,7-8,10-11,16,25,29H,6,9,12-15H2,1H3,(H3-,34,35,41,42,43,46,47)/p+1/b18-10+. The molecule has 2 fully saturated rings. The van der Waals surface area contributed by atoms with Gasteiger partial charge in [-0.2, -0.15) is 4.57 Å². The Balaban J connectivity index is 1.04. The van der Waals surface area contributed by atoms with Crippen LogP contribution in [0.2, 0.25) is 0 Å². The first kappa shape index (κ1) is 33.7. The van der Waals surface area contributed by atoms with Crippen LogP contribution < -0.4 is 15.2 Å². The topological polar surface area (TPSA) is 191 Å². The predicted molar refractivity (Wildman–Crippen MR) is 173 cm³/mol. The third kappa shape index (κ3) is 7.29. The first-order chi connectivity index (χ1) is 23.5. The van der Waals surface area contributed by atoms with Gasteiger partial charge in [-0.3, -0.25) is 24.1 Å². The predicted octanol–water partition coefficient (Wildman–Crippen LogP) is 0.776. The molecule has 0 spiro atoms. The normalized spacial score (nSPS) is 19.6. The molecule has 3 aromatic rings. The van der Waals surface area contributed by atoms with Crippen molar-refractivity contribution < 1.29 is 43.1 Å². The highest BCUT2D eigenvalue weighted by Gasteiger charge is 2.54. The lowest BCUT2D eigenvalue weighted by atomic mass is 10.0. The van der Waals surface area contributed by atoms with Gasteiger partial charge in [0.2, 0.25) is 18.4 Å². The van der Waals surface area contributed by atoms with E-state index in [1.165, 1.54) is 29.1 Å². The number of aromatic nitrogens is 4. The second kappa shape index (κ2) is 14.1.